The van der Waals surface area contributed by atoms with Crippen LogP contribution in [-0.4, -0.2) is 0 Å². The molecule has 0 atom stereocenters. The van der Waals surface area contributed by atoms with Crippen molar-refractivity contribution in [2.24, 2.45) is 0 Å². The van der Waals surface area contributed by atoms with Gasteiger partial charge >= 0.3 is 0 Å². The van der Waals surface area contributed by atoms with Gasteiger partial charge in [0.1, 0.15) is 10.2 Å². The van der Waals surface area contributed by atoms with Crippen LogP contribution in [0.15, 0.2) is 24.3 Å². The van der Waals surface area contributed by atoms with Crippen molar-refractivity contribution < 1.29 is 28.5 Å². The average molecular weight is 191 g/mol. The maximum atomic E-state index is 10.1. The van der Waals surface area contributed by atoms with E-state index < -0.39 is 10.2 Å². The zero-order valence-corrected chi connectivity index (χ0v) is 7.08. The third-order valence-corrected chi connectivity index (χ3v) is 1.63. The Morgan fingerprint density at radius 1 is 1.17 bits per heavy atom. The van der Waals surface area contributed by atoms with E-state index in [1.165, 1.54) is 6.07 Å². The maximum Gasteiger partial charge on any atom is 0.291 e. The molecule has 0 aliphatic carbocycles. The van der Waals surface area contributed by atoms with E-state index in [9.17, 15) is 14.0 Å². The number of hydrogen-bond acceptors (Lipinski definition) is 4. The van der Waals surface area contributed by atoms with Gasteiger partial charge in [0.25, 0.3) is 5.75 Å². The molecule has 4 nitrogen and oxygen atoms in total. The summed E-state index contributed by atoms with van der Waals surface area (Å²) < 4.78 is 34.6. The Morgan fingerprint density at radius 2 is 1.75 bits per heavy atom. The molecule has 1 aromatic carbocycles. The molecule has 0 amide bonds. The second-order valence-corrected chi connectivity index (χ2v) is 3.13. The molecule has 0 heterocycles. The van der Waals surface area contributed by atoms with Gasteiger partial charge in [0, 0.05) is 5.56 Å². The minimum Gasteiger partial charge on any atom is -0.167 e. The molecule has 5 heteroatoms. The lowest BCUT2D eigenvalue weighted by molar-refractivity contribution is -1.91. The number of para-hydroxylation sites is 1. The molecule has 0 N–H and O–H groups in total. The van der Waals surface area contributed by atoms with Gasteiger partial charge in [-0.05, 0) is 13.0 Å². The van der Waals surface area contributed by atoms with Crippen LogP contribution in [0.5, 0.6) is 5.75 Å². The minimum absolute atomic E-state index is 0.0640. The van der Waals surface area contributed by atoms with E-state index >= 15 is 0 Å². The van der Waals surface area contributed by atoms with E-state index in [2.05, 4.69) is 4.29 Å². The Labute approximate surface area is 71.8 Å². The predicted octanol–water partition coefficient (Wildman–Crippen LogP) is -1.73. The lowest BCUT2D eigenvalue weighted by Gasteiger charge is -2.12. The number of halogens is 1. The molecular formula is C7H7ClO4. The number of aryl methyl sites for hydroxylation is 1. The third kappa shape index (κ3) is 2.67. The summed E-state index contributed by atoms with van der Waals surface area (Å²) in [5.74, 6) is 0.0640. The van der Waals surface area contributed by atoms with Crippen LogP contribution in [0.25, 0.3) is 0 Å². The Bertz CT molecular complexity index is 268. The van der Waals surface area contributed by atoms with Crippen molar-refractivity contribution in [3.8, 4) is 5.75 Å². The molecule has 0 spiro atoms. The van der Waals surface area contributed by atoms with Crippen molar-refractivity contribution in [2.75, 3.05) is 0 Å². The van der Waals surface area contributed by atoms with E-state index in [0.29, 0.717) is 5.56 Å². The van der Waals surface area contributed by atoms with Gasteiger partial charge in [0.15, 0.2) is 0 Å². The first-order chi connectivity index (χ1) is 5.49. The molecule has 0 saturated carbocycles. The molecule has 0 aromatic heterocycles. The fraction of sp³-hybridized carbons (Fsp3) is 0.143. The van der Waals surface area contributed by atoms with Crippen molar-refractivity contribution in [1.29, 1.82) is 0 Å². The molecule has 0 aliphatic heterocycles. The highest BCUT2D eigenvalue weighted by molar-refractivity contribution is 5.30. The summed E-state index contributed by atoms with van der Waals surface area (Å²) in [5, 5.41) is 0. The normalized spacial score (nSPS) is 11.3. The van der Waals surface area contributed by atoms with Gasteiger partial charge < -0.3 is 0 Å². The van der Waals surface area contributed by atoms with Gasteiger partial charge in [-0.3, -0.25) is 0 Å². The standard InChI is InChI=1S/C7H7ClO4/c1-6-4-2-3-5-7(6)12-8(9,10)11/h2-5H,1H3. The topological polar surface area (TPSA) is 78.4 Å². The van der Waals surface area contributed by atoms with Crippen molar-refractivity contribution in [1.82, 2.24) is 0 Å². The summed E-state index contributed by atoms with van der Waals surface area (Å²) in [4.78, 5) is 0. The molecule has 1 aromatic rings. The average Bonchev–Trinajstić information content (AvgIpc) is 1.91. The summed E-state index contributed by atoms with van der Waals surface area (Å²) in [7, 11) is -4.38. The Kier molecular flexibility index (Phi) is 2.54. The van der Waals surface area contributed by atoms with Crippen molar-refractivity contribution in [3.63, 3.8) is 0 Å². The highest BCUT2D eigenvalue weighted by atomic mass is 35.7. The monoisotopic (exact) mass is 190 g/mol. The molecule has 12 heavy (non-hydrogen) atoms. The molecule has 66 valence electrons. The van der Waals surface area contributed by atoms with E-state index in [0.717, 1.165) is 0 Å². The van der Waals surface area contributed by atoms with Crippen LogP contribution >= 0.6 is 0 Å². The Balaban J connectivity index is 2.83. The van der Waals surface area contributed by atoms with E-state index in [4.69, 9.17) is 0 Å². The van der Waals surface area contributed by atoms with Crippen LogP contribution in [0.4, 0.5) is 0 Å². The largest absolute Gasteiger partial charge is 0.291 e. The van der Waals surface area contributed by atoms with Crippen molar-refractivity contribution in [3.05, 3.63) is 29.8 Å². The van der Waals surface area contributed by atoms with Crippen LogP contribution in [0.2, 0.25) is 0 Å². The number of hydrogen-bond donors (Lipinski definition) is 0. The summed E-state index contributed by atoms with van der Waals surface area (Å²) in [6, 6.07) is 6.37. The second kappa shape index (κ2) is 3.28. The molecule has 0 radical (unpaired) electrons. The summed E-state index contributed by atoms with van der Waals surface area (Å²) in [5.41, 5.74) is 0.601. The Morgan fingerprint density at radius 3 is 2.25 bits per heavy atom. The molecule has 0 bridgehead atoms. The summed E-state index contributed by atoms with van der Waals surface area (Å²) in [6.45, 7) is 1.65. The summed E-state index contributed by atoms with van der Waals surface area (Å²) >= 11 is 0. The second-order valence-electron chi connectivity index (χ2n) is 2.22. The first kappa shape index (κ1) is 9.28. The van der Waals surface area contributed by atoms with E-state index in [-0.39, 0.29) is 5.75 Å². The number of rotatable bonds is 2. The van der Waals surface area contributed by atoms with Gasteiger partial charge in [-0.15, -0.1) is 0 Å². The van der Waals surface area contributed by atoms with Gasteiger partial charge in [0.05, 0.1) is 0 Å². The lowest BCUT2D eigenvalue weighted by atomic mass is 10.2. The molecule has 0 fully saturated rings. The molecule has 0 saturated heterocycles. The van der Waals surface area contributed by atoms with Gasteiger partial charge in [-0.25, -0.2) is 0 Å². The van der Waals surface area contributed by atoms with E-state index in [1.54, 1.807) is 25.1 Å². The first-order valence-electron chi connectivity index (χ1n) is 3.15. The third-order valence-electron chi connectivity index (χ3n) is 1.27. The number of benzene rings is 1. The van der Waals surface area contributed by atoms with Crippen LogP contribution in [-0.2, 0) is 0 Å². The predicted molar refractivity (Wildman–Crippen MR) is 31.8 cm³/mol. The van der Waals surface area contributed by atoms with Gasteiger partial charge in [-0.1, -0.05) is 22.5 Å². The lowest BCUT2D eigenvalue weighted by Crippen LogP contribution is -2.63. The van der Waals surface area contributed by atoms with Crippen LogP contribution in [0, 0.1) is 17.2 Å². The molecule has 0 aliphatic rings. The zero-order chi connectivity index (χ0) is 9.19. The maximum absolute atomic E-state index is 10.1. The van der Waals surface area contributed by atoms with Gasteiger partial charge in [-0.2, -0.15) is 14.0 Å². The fourth-order valence-electron chi connectivity index (χ4n) is 0.745. The quantitative estimate of drug-likeness (QED) is 0.555. The summed E-state index contributed by atoms with van der Waals surface area (Å²) in [6.07, 6.45) is 0. The highest BCUT2D eigenvalue weighted by Crippen LogP contribution is 2.17. The Hall–Kier alpha value is -0.810. The SMILES string of the molecule is Cc1ccccc1O[Cl+3]([O-])([O-])[O-]. The molecule has 0 unspecified atom stereocenters. The van der Waals surface area contributed by atoms with Crippen molar-refractivity contribution >= 4 is 0 Å². The van der Waals surface area contributed by atoms with Crippen LogP contribution in [0.3, 0.4) is 0 Å². The molecule has 1 rings (SSSR count). The highest BCUT2D eigenvalue weighted by Gasteiger charge is 2.20. The van der Waals surface area contributed by atoms with Gasteiger partial charge in [0.2, 0.25) is 0 Å². The smallest absolute Gasteiger partial charge is 0.167 e. The minimum atomic E-state index is -4.38. The van der Waals surface area contributed by atoms with Crippen LogP contribution in [0.1, 0.15) is 5.56 Å². The van der Waals surface area contributed by atoms with Crippen molar-refractivity contribution in [2.45, 2.75) is 6.92 Å². The fourth-order valence-corrected chi connectivity index (χ4v) is 1.12. The first-order valence-corrected chi connectivity index (χ1v) is 4.38. The molecular weight excluding hydrogens is 184 g/mol. The van der Waals surface area contributed by atoms with Crippen LogP contribution < -0.4 is 18.3 Å². The zero-order valence-electron chi connectivity index (χ0n) is 6.32. The van der Waals surface area contributed by atoms with E-state index in [1.807, 2.05) is 0 Å².